The molecule has 0 aliphatic carbocycles. The fourth-order valence-corrected chi connectivity index (χ4v) is 4.64. The van der Waals surface area contributed by atoms with E-state index >= 15 is 0 Å². The zero-order valence-electron chi connectivity index (χ0n) is 14.6. The van der Waals surface area contributed by atoms with Gasteiger partial charge in [0.05, 0.1) is 10.5 Å². The first-order valence-corrected chi connectivity index (χ1v) is 10.0. The molecule has 0 radical (unpaired) electrons. The van der Waals surface area contributed by atoms with E-state index in [0.717, 1.165) is 24.3 Å². The van der Waals surface area contributed by atoms with Crippen LogP contribution in [0.3, 0.4) is 0 Å². The van der Waals surface area contributed by atoms with E-state index in [1.807, 2.05) is 0 Å². The zero-order valence-corrected chi connectivity index (χ0v) is 15.4. The number of hydrogen-bond donors (Lipinski definition) is 0. The van der Waals surface area contributed by atoms with Crippen LogP contribution in [-0.2, 0) is 16.2 Å². The molecule has 0 atom stereocenters. The van der Waals surface area contributed by atoms with Gasteiger partial charge in [0, 0.05) is 24.6 Å². The van der Waals surface area contributed by atoms with Crippen molar-refractivity contribution < 1.29 is 30.8 Å². The van der Waals surface area contributed by atoms with Crippen molar-refractivity contribution in [3.05, 3.63) is 65.5 Å². The lowest BCUT2D eigenvalue weighted by molar-refractivity contribution is -0.137. The summed E-state index contributed by atoms with van der Waals surface area (Å²) < 4.78 is 77.4. The highest BCUT2D eigenvalue weighted by Crippen LogP contribution is 2.31. The highest BCUT2D eigenvalue weighted by atomic mass is 32.2. The van der Waals surface area contributed by atoms with Gasteiger partial charge in [-0.15, -0.1) is 0 Å². The Bertz CT molecular complexity index is 946. The highest BCUT2D eigenvalue weighted by molar-refractivity contribution is 7.89. The number of ketones is 1. The number of nitrogens with zero attached hydrogens (tertiary/aromatic N) is 1. The maximum atomic E-state index is 13.0. The molecule has 28 heavy (non-hydrogen) atoms. The predicted molar refractivity (Wildman–Crippen MR) is 93.7 cm³/mol. The molecule has 150 valence electrons. The summed E-state index contributed by atoms with van der Waals surface area (Å²) in [4.78, 5) is 12.3. The average Bonchev–Trinajstić information content (AvgIpc) is 2.67. The minimum absolute atomic E-state index is 0.0843. The van der Waals surface area contributed by atoms with Gasteiger partial charge in [-0.25, -0.2) is 12.8 Å². The van der Waals surface area contributed by atoms with Gasteiger partial charge < -0.3 is 0 Å². The second-order valence-corrected chi connectivity index (χ2v) is 8.51. The van der Waals surface area contributed by atoms with Gasteiger partial charge in [-0.2, -0.15) is 17.5 Å². The molecule has 2 aromatic carbocycles. The van der Waals surface area contributed by atoms with Crippen LogP contribution in [0.1, 0.15) is 28.8 Å². The number of sulfonamides is 1. The van der Waals surface area contributed by atoms with Crippen molar-refractivity contribution in [2.45, 2.75) is 23.9 Å². The number of Topliss-reactive ketones (excluding diaryl/α,β-unsaturated/α-hetero) is 1. The first-order chi connectivity index (χ1) is 13.1. The van der Waals surface area contributed by atoms with E-state index in [2.05, 4.69) is 0 Å². The van der Waals surface area contributed by atoms with E-state index in [9.17, 15) is 30.8 Å². The molecular weight excluding hydrogens is 398 g/mol. The van der Waals surface area contributed by atoms with Gasteiger partial charge in [-0.05, 0) is 61.4 Å². The molecule has 9 heteroatoms. The Balaban J connectivity index is 1.68. The van der Waals surface area contributed by atoms with Gasteiger partial charge in [0.15, 0.2) is 5.78 Å². The van der Waals surface area contributed by atoms with Crippen molar-refractivity contribution >= 4 is 15.8 Å². The number of carbonyl (C=O) groups excluding carboxylic acids is 1. The third-order valence-electron chi connectivity index (χ3n) is 4.77. The van der Waals surface area contributed by atoms with E-state index < -0.39 is 27.6 Å². The standard InChI is InChI=1S/C19H17F4NO3S/c20-16-5-1-13(2-6-16)18(25)14-9-11-24(12-10-14)28(26,27)17-7-3-15(4-8-17)19(21,22)23/h1-8,14H,9-12H2. The third-order valence-corrected chi connectivity index (χ3v) is 6.69. The summed E-state index contributed by atoms with van der Waals surface area (Å²) >= 11 is 0. The SMILES string of the molecule is O=C(c1ccc(F)cc1)C1CCN(S(=O)(=O)c2ccc(C(F)(F)F)cc2)CC1. The van der Waals surface area contributed by atoms with Gasteiger partial charge in [0.25, 0.3) is 0 Å². The van der Waals surface area contributed by atoms with Crippen molar-refractivity contribution in [2.75, 3.05) is 13.1 Å². The maximum absolute atomic E-state index is 13.0. The molecule has 1 saturated heterocycles. The summed E-state index contributed by atoms with van der Waals surface area (Å²) in [6, 6.07) is 8.51. The molecule has 2 aromatic rings. The molecule has 0 bridgehead atoms. The van der Waals surface area contributed by atoms with Crippen molar-refractivity contribution in [2.24, 2.45) is 5.92 Å². The molecule has 0 spiro atoms. The quantitative estimate of drug-likeness (QED) is 0.558. The van der Waals surface area contributed by atoms with Crippen LogP contribution in [0.15, 0.2) is 53.4 Å². The summed E-state index contributed by atoms with van der Waals surface area (Å²) in [5.41, 5.74) is -0.555. The molecule has 1 aliphatic rings. The van der Waals surface area contributed by atoms with E-state index in [0.29, 0.717) is 5.56 Å². The second-order valence-electron chi connectivity index (χ2n) is 6.57. The zero-order chi connectivity index (χ0) is 20.5. The Morgan fingerprint density at radius 3 is 1.96 bits per heavy atom. The maximum Gasteiger partial charge on any atom is 0.416 e. The highest BCUT2D eigenvalue weighted by Gasteiger charge is 2.34. The lowest BCUT2D eigenvalue weighted by Gasteiger charge is -2.30. The van der Waals surface area contributed by atoms with Crippen LogP contribution in [0.25, 0.3) is 0 Å². The summed E-state index contributed by atoms with van der Waals surface area (Å²) in [7, 11) is -3.94. The molecular formula is C19H17F4NO3S. The van der Waals surface area contributed by atoms with Gasteiger partial charge >= 0.3 is 6.18 Å². The minimum Gasteiger partial charge on any atom is -0.294 e. The first kappa shape index (κ1) is 20.5. The van der Waals surface area contributed by atoms with Crippen molar-refractivity contribution in [3.63, 3.8) is 0 Å². The van der Waals surface area contributed by atoms with E-state index in [1.165, 1.54) is 28.6 Å². The summed E-state index contributed by atoms with van der Waals surface area (Å²) in [6.45, 7) is 0.169. The molecule has 1 fully saturated rings. The number of carbonyl (C=O) groups is 1. The lowest BCUT2D eigenvalue weighted by atomic mass is 9.90. The van der Waals surface area contributed by atoms with Crippen LogP contribution in [0.2, 0.25) is 0 Å². The molecule has 0 N–H and O–H groups in total. The second kappa shape index (κ2) is 7.63. The molecule has 4 nitrogen and oxygen atoms in total. The Hall–Kier alpha value is -2.26. The van der Waals surface area contributed by atoms with E-state index in [4.69, 9.17) is 0 Å². The van der Waals surface area contributed by atoms with E-state index in [1.54, 1.807) is 0 Å². The number of rotatable bonds is 4. The molecule has 0 aromatic heterocycles. The van der Waals surface area contributed by atoms with Gasteiger partial charge in [-0.3, -0.25) is 4.79 Å². The molecule has 0 unspecified atom stereocenters. The molecule has 3 rings (SSSR count). The smallest absolute Gasteiger partial charge is 0.294 e. The van der Waals surface area contributed by atoms with Crippen LogP contribution in [0, 0.1) is 11.7 Å². The Morgan fingerprint density at radius 1 is 0.929 bits per heavy atom. The van der Waals surface area contributed by atoms with Crippen LogP contribution in [0.5, 0.6) is 0 Å². The molecule has 0 saturated carbocycles. The fraction of sp³-hybridized carbons (Fsp3) is 0.316. The van der Waals surface area contributed by atoms with E-state index in [-0.39, 0.29) is 42.5 Å². The number of benzene rings is 2. The number of halogens is 4. The lowest BCUT2D eigenvalue weighted by Crippen LogP contribution is -2.40. The topological polar surface area (TPSA) is 54.5 Å². The Labute approximate surface area is 159 Å². The summed E-state index contributed by atoms with van der Waals surface area (Å²) in [5.74, 6) is -1.01. The molecule has 1 heterocycles. The first-order valence-electron chi connectivity index (χ1n) is 8.56. The van der Waals surface area contributed by atoms with Gasteiger partial charge in [0.2, 0.25) is 10.0 Å². The van der Waals surface area contributed by atoms with Crippen LogP contribution in [0.4, 0.5) is 17.6 Å². The minimum atomic E-state index is -4.54. The Morgan fingerprint density at radius 2 is 1.46 bits per heavy atom. The monoisotopic (exact) mass is 415 g/mol. The number of piperidine rings is 1. The molecule has 1 aliphatic heterocycles. The van der Waals surface area contributed by atoms with Crippen LogP contribution in [-0.4, -0.2) is 31.6 Å². The molecule has 0 amide bonds. The summed E-state index contributed by atoms with van der Waals surface area (Å²) in [6.07, 6.45) is -3.96. The third kappa shape index (κ3) is 4.25. The average molecular weight is 415 g/mol. The number of alkyl halides is 3. The predicted octanol–water partition coefficient (Wildman–Crippen LogP) is 4.13. The normalized spacial score (nSPS) is 16.9. The van der Waals surface area contributed by atoms with Gasteiger partial charge in [-0.1, -0.05) is 0 Å². The largest absolute Gasteiger partial charge is 0.416 e. The van der Waals surface area contributed by atoms with Crippen molar-refractivity contribution in [1.82, 2.24) is 4.31 Å². The van der Waals surface area contributed by atoms with Crippen LogP contribution < -0.4 is 0 Å². The number of hydrogen-bond acceptors (Lipinski definition) is 3. The van der Waals surface area contributed by atoms with Crippen molar-refractivity contribution in [3.8, 4) is 0 Å². The Kier molecular flexibility index (Phi) is 5.58. The van der Waals surface area contributed by atoms with Crippen molar-refractivity contribution in [1.29, 1.82) is 0 Å². The van der Waals surface area contributed by atoms with Crippen LogP contribution >= 0.6 is 0 Å². The summed E-state index contributed by atoms with van der Waals surface area (Å²) in [5, 5.41) is 0. The van der Waals surface area contributed by atoms with Gasteiger partial charge in [0.1, 0.15) is 5.82 Å². The fourth-order valence-electron chi connectivity index (χ4n) is 3.17.